The van der Waals surface area contributed by atoms with E-state index in [1.54, 1.807) is 6.92 Å². The number of hydrogen-bond donors (Lipinski definition) is 2. The molecule has 0 radical (unpaired) electrons. The van der Waals surface area contributed by atoms with Gasteiger partial charge in [0.1, 0.15) is 6.61 Å². The molecule has 0 saturated heterocycles. The Morgan fingerprint density at radius 1 is 1.44 bits per heavy atom. The maximum atomic E-state index is 11.5. The van der Waals surface area contributed by atoms with Crippen LogP contribution in [0.5, 0.6) is 0 Å². The first-order valence-corrected chi connectivity index (χ1v) is 5.46. The number of rotatable bonds is 4. The van der Waals surface area contributed by atoms with Crippen molar-refractivity contribution in [3.63, 3.8) is 0 Å². The molecule has 7 heteroatoms. The van der Waals surface area contributed by atoms with E-state index in [4.69, 9.17) is 4.74 Å². The summed E-state index contributed by atoms with van der Waals surface area (Å²) in [7, 11) is 0. The normalized spacial score (nSPS) is 11.8. The Labute approximate surface area is 104 Å². The predicted octanol–water partition coefficient (Wildman–Crippen LogP) is 1.19. The molecule has 18 heavy (non-hydrogen) atoms. The molecule has 0 saturated carbocycles. The van der Waals surface area contributed by atoms with E-state index in [-0.39, 0.29) is 12.6 Å². The minimum absolute atomic E-state index is 0.228. The lowest BCUT2D eigenvalue weighted by atomic mass is 10.2. The number of benzene rings is 1. The van der Waals surface area contributed by atoms with Crippen LogP contribution in [-0.2, 0) is 11.3 Å². The van der Waals surface area contributed by atoms with E-state index in [2.05, 4.69) is 25.9 Å². The van der Waals surface area contributed by atoms with Crippen LogP contribution in [-0.4, -0.2) is 26.7 Å². The summed E-state index contributed by atoms with van der Waals surface area (Å²) in [5, 5.41) is 15.9. The summed E-state index contributed by atoms with van der Waals surface area (Å²) in [4.78, 5) is 11.5. The average Bonchev–Trinajstić information content (AvgIpc) is 2.91. The van der Waals surface area contributed by atoms with Crippen LogP contribution in [0.25, 0.3) is 0 Å². The molecule has 0 aliphatic carbocycles. The van der Waals surface area contributed by atoms with Crippen LogP contribution in [0.4, 0.5) is 4.79 Å². The molecule has 0 aliphatic rings. The zero-order valence-electron chi connectivity index (χ0n) is 9.83. The maximum absolute atomic E-state index is 11.5. The molecular weight excluding hydrogens is 234 g/mol. The molecule has 1 amide bonds. The molecule has 0 aliphatic heterocycles. The topological polar surface area (TPSA) is 92.8 Å². The summed E-state index contributed by atoms with van der Waals surface area (Å²) in [6.07, 6.45) is -0.517. The fourth-order valence-electron chi connectivity index (χ4n) is 1.36. The number of tetrazole rings is 1. The van der Waals surface area contributed by atoms with Crippen molar-refractivity contribution in [2.24, 2.45) is 0 Å². The van der Waals surface area contributed by atoms with Crippen molar-refractivity contribution < 1.29 is 9.53 Å². The SMILES string of the molecule is C[C@H](NC(=O)OCc1ccccc1)c1nn[nH]n1. The van der Waals surface area contributed by atoms with Crippen LogP contribution in [0.15, 0.2) is 30.3 Å². The second kappa shape index (κ2) is 5.76. The van der Waals surface area contributed by atoms with E-state index in [0.29, 0.717) is 5.82 Å². The van der Waals surface area contributed by atoms with E-state index in [0.717, 1.165) is 5.56 Å². The van der Waals surface area contributed by atoms with Gasteiger partial charge < -0.3 is 10.1 Å². The number of nitrogens with zero attached hydrogens (tertiary/aromatic N) is 3. The highest BCUT2D eigenvalue weighted by Crippen LogP contribution is 2.05. The molecule has 0 fully saturated rings. The summed E-state index contributed by atoms with van der Waals surface area (Å²) < 4.78 is 5.06. The van der Waals surface area contributed by atoms with Crippen molar-refractivity contribution in [2.75, 3.05) is 0 Å². The average molecular weight is 247 g/mol. The number of amides is 1. The summed E-state index contributed by atoms with van der Waals surface area (Å²) in [5.74, 6) is 0.409. The smallest absolute Gasteiger partial charge is 0.408 e. The zero-order chi connectivity index (χ0) is 12.8. The number of hydrogen-bond acceptors (Lipinski definition) is 5. The van der Waals surface area contributed by atoms with Gasteiger partial charge in [-0.25, -0.2) is 4.79 Å². The molecule has 1 atom stereocenters. The summed E-state index contributed by atoms with van der Waals surface area (Å²) >= 11 is 0. The molecule has 0 spiro atoms. The van der Waals surface area contributed by atoms with E-state index >= 15 is 0 Å². The highest BCUT2D eigenvalue weighted by Gasteiger charge is 2.13. The third-order valence-electron chi connectivity index (χ3n) is 2.30. The first-order chi connectivity index (χ1) is 8.75. The highest BCUT2D eigenvalue weighted by molar-refractivity contribution is 5.67. The lowest BCUT2D eigenvalue weighted by Crippen LogP contribution is -2.28. The first-order valence-electron chi connectivity index (χ1n) is 5.46. The van der Waals surface area contributed by atoms with Gasteiger partial charge in [0.2, 0.25) is 0 Å². The molecule has 1 aromatic carbocycles. The standard InChI is InChI=1S/C11H13N5O2/c1-8(10-13-15-16-14-10)12-11(17)18-7-9-5-3-2-4-6-9/h2-6,8H,7H2,1H3,(H,12,17)(H,13,14,15,16)/t8-/m0/s1. The van der Waals surface area contributed by atoms with Gasteiger partial charge >= 0.3 is 6.09 Å². The maximum Gasteiger partial charge on any atom is 0.408 e. The quantitative estimate of drug-likeness (QED) is 0.846. The van der Waals surface area contributed by atoms with Crippen molar-refractivity contribution in [3.8, 4) is 0 Å². The summed E-state index contributed by atoms with van der Waals surface area (Å²) in [6.45, 7) is 1.97. The van der Waals surface area contributed by atoms with Crippen LogP contribution >= 0.6 is 0 Å². The lowest BCUT2D eigenvalue weighted by Gasteiger charge is -2.10. The Hall–Kier alpha value is -2.44. The second-order valence-corrected chi connectivity index (χ2v) is 3.70. The molecule has 2 aromatic rings. The van der Waals surface area contributed by atoms with Crippen LogP contribution in [0.2, 0.25) is 0 Å². The van der Waals surface area contributed by atoms with Gasteiger partial charge in [-0.3, -0.25) is 0 Å². The number of carbonyl (C=O) groups is 1. The summed E-state index contributed by atoms with van der Waals surface area (Å²) in [5.41, 5.74) is 0.930. The number of nitrogens with one attached hydrogen (secondary N) is 2. The Bertz CT molecular complexity index is 485. The van der Waals surface area contributed by atoms with Gasteiger partial charge in [0.15, 0.2) is 5.82 Å². The minimum Gasteiger partial charge on any atom is -0.445 e. The van der Waals surface area contributed by atoms with Gasteiger partial charge in [-0.15, -0.1) is 10.2 Å². The summed E-state index contributed by atoms with van der Waals surface area (Å²) in [6, 6.07) is 9.09. The number of ether oxygens (including phenoxy) is 1. The first kappa shape index (κ1) is 12.0. The Morgan fingerprint density at radius 3 is 2.89 bits per heavy atom. The van der Waals surface area contributed by atoms with Crippen molar-refractivity contribution in [3.05, 3.63) is 41.7 Å². The Morgan fingerprint density at radius 2 is 2.22 bits per heavy atom. The van der Waals surface area contributed by atoms with Crippen LogP contribution in [0.1, 0.15) is 24.4 Å². The van der Waals surface area contributed by atoms with Gasteiger partial charge in [0.25, 0.3) is 0 Å². The zero-order valence-corrected chi connectivity index (χ0v) is 9.83. The molecular formula is C11H13N5O2. The van der Waals surface area contributed by atoms with Gasteiger partial charge in [0.05, 0.1) is 6.04 Å². The van der Waals surface area contributed by atoms with E-state index < -0.39 is 6.09 Å². The fraction of sp³-hybridized carbons (Fsp3) is 0.273. The molecule has 94 valence electrons. The van der Waals surface area contributed by atoms with Gasteiger partial charge in [0, 0.05) is 0 Å². The molecule has 2 rings (SSSR count). The monoisotopic (exact) mass is 247 g/mol. The largest absolute Gasteiger partial charge is 0.445 e. The van der Waals surface area contributed by atoms with Gasteiger partial charge in [-0.2, -0.15) is 5.21 Å². The number of alkyl carbamates (subject to hydrolysis) is 1. The van der Waals surface area contributed by atoms with E-state index in [1.165, 1.54) is 0 Å². The van der Waals surface area contributed by atoms with Crippen molar-refractivity contribution in [1.82, 2.24) is 25.9 Å². The molecule has 7 nitrogen and oxygen atoms in total. The van der Waals surface area contributed by atoms with Gasteiger partial charge in [-0.05, 0) is 12.5 Å². The third-order valence-corrected chi connectivity index (χ3v) is 2.30. The van der Waals surface area contributed by atoms with Crippen molar-refractivity contribution >= 4 is 6.09 Å². The van der Waals surface area contributed by atoms with E-state index in [9.17, 15) is 4.79 Å². The fourth-order valence-corrected chi connectivity index (χ4v) is 1.36. The minimum atomic E-state index is -0.517. The predicted molar refractivity (Wildman–Crippen MR) is 62.4 cm³/mol. The molecule has 0 unspecified atom stereocenters. The van der Waals surface area contributed by atoms with Crippen molar-refractivity contribution in [1.29, 1.82) is 0 Å². The molecule has 0 bridgehead atoms. The number of aromatic nitrogens is 4. The molecule has 2 N–H and O–H groups in total. The third kappa shape index (κ3) is 3.27. The number of carbonyl (C=O) groups excluding carboxylic acids is 1. The Balaban J connectivity index is 1.79. The highest BCUT2D eigenvalue weighted by atomic mass is 16.5. The van der Waals surface area contributed by atoms with Crippen LogP contribution in [0.3, 0.4) is 0 Å². The molecule has 1 aromatic heterocycles. The Kier molecular flexibility index (Phi) is 3.85. The van der Waals surface area contributed by atoms with Crippen LogP contribution in [0, 0.1) is 0 Å². The van der Waals surface area contributed by atoms with Crippen LogP contribution < -0.4 is 5.32 Å². The van der Waals surface area contributed by atoms with Crippen molar-refractivity contribution in [2.45, 2.75) is 19.6 Å². The number of aromatic amines is 1. The lowest BCUT2D eigenvalue weighted by molar-refractivity contribution is 0.136. The van der Waals surface area contributed by atoms with E-state index in [1.807, 2.05) is 30.3 Å². The number of H-pyrrole nitrogens is 1. The second-order valence-electron chi connectivity index (χ2n) is 3.70. The van der Waals surface area contributed by atoms with Gasteiger partial charge in [-0.1, -0.05) is 35.5 Å². The molecule has 1 heterocycles.